The fraction of sp³-hybridized carbons (Fsp3) is 0.414. The Morgan fingerprint density at radius 2 is 2.20 bits per heavy atom. The van der Waals surface area contributed by atoms with Crippen LogP contribution < -0.4 is 15.5 Å². The van der Waals surface area contributed by atoms with Crippen molar-refractivity contribution < 1.29 is 23.9 Å². The minimum absolute atomic E-state index is 0.0470. The number of pyridine rings is 2. The summed E-state index contributed by atoms with van der Waals surface area (Å²) < 4.78 is 10.8. The Bertz CT molecular complexity index is 1450. The molecule has 0 aromatic carbocycles. The lowest BCUT2D eigenvalue weighted by Crippen LogP contribution is -2.40. The van der Waals surface area contributed by atoms with Gasteiger partial charge in [-0.3, -0.25) is 15.0 Å². The van der Waals surface area contributed by atoms with E-state index in [2.05, 4.69) is 26.7 Å². The summed E-state index contributed by atoms with van der Waals surface area (Å²) in [7, 11) is 1.68. The highest BCUT2D eigenvalue weighted by atomic mass is 16.5. The maximum atomic E-state index is 13.4. The molecule has 1 aliphatic carbocycles. The van der Waals surface area contributed by atoms with Crippen molar-refractivity contribution in [1.82, 2.24) is 14.9 Å². The number of nitrogens with zero attached hydrogens (tertiary/aromatic N) is 5. The average Bonchev–Trinajstić information content (AvgIpc) is 3.32. The number of hydrogen-bond acceptors (Lipinski definition) is 10. The van der Waals surface area contributed by atoms with Gasteiger partial charge in [0.05, 0.1) is 29.7 Å². The first-order valence-corrected chi connectivity index (χ1v) is 13.6. The Morgan fingerprint density at radius 1 is 1.32 bits per heavy atom. The summed E-state index contributed by atoms with van der Waals surface area (Å²) in [6.07, 6.45) is 9.72. The van der Waals surface area contributed by atoms with Crippen LogP contribution in [0.4, 0.5) is 22.1 Å². The predicted molar refractivity (Wildman–Crippen MR) is 150 cm³/mol. The van der Waals surface area contributed by atoms with Crippen LogP contribution >= 0.6 is 0 Å². The highest BCUT2D eigenvalue weighted by Crippen LogP contribution is 2.30. The molecule has 0 bridgehead atoms. The number of urea groups is 1. The number of nitriles is 1. The number of methoxy groups -OCH3 is 1. The first-order valence-electron chi connectivity index (χ1n) is 13.6. The zero-order valence-corrected chi connectivity index (χ0v) is 22.8. The van der Waals surface area contributed by atoms with E-state index >= 15 is 0 Å². The number of amides is 2. The highest BCUT2D eigenvalue weighted by molar-refractivity contribution is 6.01. The smallest absolute Gasteiger partial charge is 0.328 e. The maximum Gasteiger partial charge on any atom is 0.328 e. The van der Waals surface area contributed by atoms with E-state index in [0.717, 1.165) is 24.8 Å². The Hall–Kier alpha value is -4.72. The number of aldehydes is 1. The molecule has 5 rings (SSSR count). The second-order valence-corrected chi connectivity index (χ2v) is 10.1. The SMILES string of the molecule is CO[C@@H]1CCC[C@H]1Nc1cc(NC(=O)N2CCCc3cc(CN4CC=COCC4=C=O)c(C=O)nc32)ncc1C#N. The molecule has 2 aromatic heterocycles. The lowest BCUT2D eigenvalue weighted by atomic mass is 10.0. The van der Waals surface area contributed by atoms with Gasteiger partial charge in [0.25, 0.3) is 0 Å². The topological polar surface area (TPSA) is 150 Å². The largest absolute Gasteiger partial charge is 0.494 e. The molecule has 2 aliphatic heterocycles. The van der Waals surface area contributed by atoms with Gasteiger partial charge in [0.1, 0.15) is 41.6 Å². The molecule has 212 valence electrons. The van der Waals surface area contributed by atoms with Crippen LogP contribution in [-0.4, -0.2) is 72.1 Å². The first-order chi connectivity index (χ1) is 20.0. The van der Waals surface area contributed by atoms with Gasteiger partial charge in [-0.1, -0.05) is 0 Å². The van der Waals surface area contributed by atoms with E-state index in [1.165, 1.54) is 17.4 Å². The molecule has 1 fully saturated rings. The Kier molecular flexibility index (Phi) is 8.58. The van der Waals surface area contributed by atoms with Gasteiger partial charge in [0.2, 0.25) is 0 Å². The van der Waals surface area contributed by atoms with E-state index in [4.69, 9.17) is 9.47 Å². The number of rotatable bonds is 7. The first kappa shape index (κ1) is 27.8. The van der Waals surface area contributed by atoms with Gasteiger partial charge < -0.3 is 19.7 Å². The highest BCUT2D eigenvalue weighted by Gasteiger charge is 2.29. The summed E-state index contributed by atoms with van der Waals surface area (Å²) in [6.45, 7) is 1.20. The second kappa shape index (κ2) is 12.6. The predicted octanol–water partition coefficient (Wildman–Crippen LogP) is 3.19. The lowest BCUT2D eigenvalue weighted by Gasteiger charge is -2.30. The quantitative estimate of drug-likeness (QED) is 0.384. The van der Waals surface area contributed by atoms with E-state index in [1.807, 2.05) is 12.0 Å². The number of nitrogens with one attached hydrogen (secondary N) is 2. The van der Waals surface area contributed by atoms with E-state index in [0.29, 0.717) is 60.5 Å². The number of hydrogen-bond donors (Lipinski definition) is 2. The number of fused-ring (bicyclic) bond motifs is 1. The molecule has 2 N–H and O–H groups in total. The fourth-order valence-corrected chi connectivity index (χ4v) is 5.49. The Balaban J connectivity index is 1.36. The molecular formula is C29H31N7O5. The molecule has 2 atom stereocenters. The normalized spacial score (nSPS) is 19.9. The van der Waals surface area contributed by atoms with Crippen LogP contribution in [-0.2, 0) is 27.2 Å². The molecule has 41 heavy (non-hydrogen) atoms. The lowest BCUT2D eigenvalue weighted by molar-refractivity contribution is 0.101. The molecule has 0 spiro atoms. The molecule has 12 heteroatoms. The summed E-state index contributed by atoms with van der Waals surface area (Å²) in [4.78, 5) is 49.1. The molecule has 0 saturated heterocycles. The molecule has 3 aliphatic rings. The van der Waals surface area contributed by atoms with Crippen molar-refractivity contribution in [3.05, 3.63) is 58.7 Å². The van der Waals surface area contributed by atoms with Crippen LogP contribution in [0.15, 0.2) is 36.4 Å². The van der Waals surface area contributed by atoms with Crippen molar-refractivity contribution in [3.63, 3.8) is 0 Å². The zero-order chi connectivity index (χ0) is 28.8. The number of anilines is 3. The van der Waals surface area contributed by atoms with Crippen molar-refractivity contribution in [1.29, 1.82) is 5.26 Å². The van der Waals surface area contributed by atoms with Crippen molar-refractivity contribution in [3.8, 4) is 6.07 Å². The number of aromatic nitrogens is 2. The van der Waals surface area contributed by atoms with Crippen molar-refractivity contribution in [2.24, 2.45) is 0 Å². The van der Waals surface area contributed by atoms with Gasteiger partial charge in [0.15, 0.2) is 6.29 Å². The summed E-state index contributed by atoms with van der Waals surface area (Å²) in [5.41, 5.74) is 2.96. The Labute approximate surface area is 237 Å². The summed E-state index contributed by atoms with van der Waals surface area (Å²) in [5.74, 6) is 2.61. The van der Waals surface area contributed by atoms with E-state index in [1.54, 1.807) is 24.2 Å². The van der Waals surface area contributed by atoms with Crippen molar-refractivity contribution in [2.75, 3.05) is 42.3 Å². The van der Waals surface area contributed by atoms with E-state index in [-0.39, 0.29) is 36.8 Å². The minimum atomic E-state index is -0.442. The summed E-state index contributed by atoms with van der Waals surface area (Å²) in [5, 5.41) is 15.8. The molecule has 2 amide bonds. The van der Waals surface area contributed by atoms with Crippen molar-refractivity contribution >= 4 is 35.6 Å². The molecule has 12 nitrogen and oxygen atoms in total. The van der Waals surface area contributed by atoms with Crippen LogP contribution in [0.5, 0.6) is 0 Å². The Morgan fingerprint density at radius 3 is 2.98 bits per heavy atom. The van der Waals surface area contributed by atoms with Gasteiger partial charge >= 0.3 is 6.03 Å². The van der Waals surface area contributed by atoms with Crippen LogP contribution in [0.2, 0.25) is 0 Å². The van der Waals surface area contributed by atoms with Crippen LogP contribution in [0, 0.1) is 11.3 Å². The average molecular weight is 558 g/mol. The van der Waals surface area contributed by atoms with Gasteiger partial charge in [-0.25, -0.2) is 19.6 Å². The summed E-state index contributed by atoms with van der Waals surface area (Å²) in [6, 6.07) is 5.29. The fourth-order valence-electron chi connectivity index (χ4n) is 5.49. The van der Waals surface area contributed by atoms with Gasteiger partial charge in [-0.15, -0.1) is 0 Å². The third-order valence-electron chi connectivity index (χ3n) is 7.59. The van der Waals surface area contributed by atoms with E-state index < -0.39 is 6.03 Å². The summed E-state index contributed by atoms with van der Waals surface area (Å²) >= 11 is 0. The van der Waals surface area contributed by atoms with E-state index in [9.17, 15) is 19.6 Å². The van der Waals surface area contributed by atoms with Crippen LogP contribution in [0.25, 0.3) is 0 Å². The molecule has 2 aromatic rings. The third-order valence-corrected chi connectivity index (χ3v) is 7.59. The zero-order valence-electron chi connectivity index (χ0n) is 22.8. The standard InChI is InChI=1S/C29H31N7O5/c1-40-26-7-2-6-23(26)32-24-12-27(31-14-21(24)13-30)34-29(39)36-9-3-5-19-11-20(25(17-38)33-28(19)36)15-35-8-4-10-41-18-22(35)16-37/h4,10-12,14,17,23,26H,2-3,5-9,15,18H2,1H3,(H2,31,32,34,39)/t23-,26-/m1/s1. The maximum absolute atomic E-state index is 13.4. The number of carbonyl (C=O) groups is 2. The minimum Gasteiger partial charge on any atom is -0.494 e. The molecule has 1 saturated carbocycles. The molecule has 0 radical (unpaired) electrons. The molecule has 4 heterocycles. The van der Waals surface area contributed by atoms with Gasteiger partial charge in [-0.05, 0) is 49.8 Å². The van der Waals surface area contributed by atoms with Crippen LogP contribution in [0.1, 0.15) is 52.9 Å². The second-order valence-electron chi connectivity index (χ2n) is 10.1. The van der Waals surface area contributed by atoms with Crippen molar-refractivity contribution in [2.45, 2.75) is 50.8 Å². The van der Waals surface area contributed by atoms with Gasteiger partial charge in [-0.2, -0.15) is 5.26 Å². The number of aryl methyl sites for hydroxylation is 1. The number of ether oxygens (including phenoxy) is 2. The molecule has 0 unspecified atom stereocenters. The molecular weight excluding hydrogens is 526 g/mol. The number of carbonyl (C=O) groups excluding carboxylic acids is 3. The van der Waals surface area contributed by atoms with Crippen LogP contribution in [0.3, 0.4) is 0 Å². The third kappa shape index (κ3) is 6.06. The van der Waals surface area contributed by atoms with Gasteiger partial charge in [0, 0.05) is 44.6 Å². The monoisotopic (exact) mass is 557 g/mol.